The van der Waals surface area contributed by atoms with Crippen LogP contribution in [-0.4, -0.2) is 17.0 Å². The first-order valence-corrected chi connectivity index (χ1v) is 10.0. The van der Waals surface area contributed by atoms with E-state index in [-0.39, 0.29) is 12.0 Å². The van der Waals surface area contributed by atoms with Crippen molar-refractivity contribution in [3.63, 3.8) is 0 Å². The second kappa shape index (κ2) is 8.20. The molecule has 0 aliphatic heterocycles. The van der Waals surface area contributed by atoms with Crippen molar-refractivity contribution in [2.75, 3.05) is 5.32 Å². The van der Waals surface area contributed by atoms with Gasteiger partial charge in [-0.2, -0.15) is 0 Å². The molecule has 1 amide bonds. The summed E-state index contributed by atoms with van der Waals surface area (Å²) in [5, 5.41) is 3.29. The molecular formula is C24H21ClN2O3. The van der Waals surface area contributed by atoms with Gasteiger partial charge in [0.15, 0.2) is 5.58 Å². The predicted molar refractivity (Wildman–Crippen MR) is 119 cm³/mol. The van der Waals surface area contributed by atoms with Gasteiger partial charge < -0.3 is 14.5 Å². The van der Waals surface area contributed by atoms with Crippen LogP contribution >= 0.6 is 11.6 Å². The number of hydrogen-bond acceptors (Lipinski definition) is 4. The van der Waals surface area contributed by atoms with E-state index >= 15 is 0 Å². The van der Waals surface area contributed by atoms with Gasteiger partial charge in [-0.1, -0.05) is 23.7 Å². The Hall–Kier alpha value is -3.31. The fourth-order valence-corrected chi connectivity index (χ4v) is 3.25. The average molecular weight is 421 g/mol. The second-order valence-corrected chi connectivity index (χ2v) is 7.74. The van der Waals surface area contributed by atoms with Gasteiger partial charge in [-0.3, -0.25) is 4.79 Å². The van der Waals surface area contributed by atoms with E-state index in [1.54, 1.807) is 30.3 Å². The van der Waals surface area contributed by atoms with E-state index < -0.39 is 0 Å². The Balaban J connectivity index is 1.61. The Morgan fingerprint density at radius 3 is 2.73 bits per heavy atom. The molecule has 1 N–H and O–H groups in total. The SMILES string of the molecule is Cc1ccc2nc(-c3ccc(Cl)c(NC(=O)c4cccc(OC(C)C)c4)c3)oc2c1. The van der Waals surface area contributed by atoms with Gasteiger partial charge >= 0.3 is 0 Å². The molecule has 0 spiro atoms. The Labute approximate surface area is 179 Å². The zero-order valence-corrected chi connectivity index (χ0v) is 17.7. The summed E-state index contributed by atoms with van der Waals surface area (Å²) in [6.45, 7) is 5.87. The smallest absolute Gasteiger partial charge is 0.255 e. The van der Waals surface area contributed by atoms with Gasteiger partial charge in [-0.05, 0) is 74.9 Å². The molecule has 30 heavy (non-hydrogen) atoms. The summed E-state index contributed by atoms with van der Waals surface area (Å²) < 4.78 is 11.6. The summed E-state index contributed by atoms with van der Waals surface area (Å²) in [7, 11) is 0. The van der Waals surface area contributed by atoms with Crippen LogP contribution in [0.4, 0.5) is 5.69 Å². The van der Waals surface area contributed by atoms with Crippen LogP contribution in [0.5, 0.6) is 5.75 Å². The number of rotatable bonds is 5. The summed E-state index contributed by atoms with van der Waals surface area (Å²) in [6, 6.07) is 18.2. The Morgan fingerprint density at radius 2 is 1.93 bits per heavy atom. The molecule has 152 valence electrons. The molecule has 1 heterocycles. The van der Waals surface area contributed by atoms with Crippen molar-refractivity contribution in [2.45, 2.75) is 26.9 Å². The standard InChI is InChI=1S/C24H21ClN2O3/c1-14(2)29-18-6-4-5-16(12-18)23(28)26-21-13-17(8-9-19(21)25)24-27-20-10-7-15(3)11-22(20)30-24/h4-14H,1-3H3,(H,26,28). The van der Waals surface area contributed by atoms with Crippen molar-refractivity contribution in [1.29, 1.82) is 0 Å². The van der Waals surface area contributed by atoms with Gasteiger partial charge in [-0.25, -0.2) is 4.98 Å². The second-order valence-electron chi connectivity index (χ2n) is 7.33. The lowest BCUT2D eigenvalue weighted by Crippen LogP contribution is -2.13. The molecule has 0 fully saturated rings. The van der Waals surface area contributed by atoms with Gasteiger partial charge in [0, 0.05) is 11.1 Å². The number of ether oxygens (including phenoxy) is 1. The molecule has 0 bridgehead atoms. The number of nitrogens with zero attached hydrogens (tertiary/aromatic N) is 1. The number of anilines is 1. The van der Waals surface area contributed by atoms with Crippen molar-refractivity contribution in [2.24, 2.45) is 0 Å². The first-order valence-electron chi connectivity index (χ1n) is 9.64. The molecule has 5 nitrogen and oxygen atoms in total. The van der Waals surface area contributed by atoms with Crippen LogP contribution in [0.25, 0.3) is 22.6 Å². The number of aryl methyl sites for hydroxylation is 1. The molecule has 1 aromatic heterocycles. The number of oxazole rings is 1. The molecule has 0 atom stereocenters. The first-order chi connectivity index (χ1) is 14.4. The molecule has 4 rings (SSSR count). The maximum Gasteiger partial charge on any atom is 0.255 e. The Kier molecular flexibility index (Phi) is 5.46. The summed E-state index contributed by atoms with van der Waals surface area (Å²) >= 11 is 6.32. The monoisotopic (exact) mass is 420 g/mol. The minimum absolute atomic E-state index is 0.0227. The minimum atomic E-state index is -0.281. The van der Waals surface area contributed by atoms with Crippen LogP contribution in [-0.2, 0) is 0 Å². The third-order valence-corrected chi connectivity index (χ3v) is 4.80. The van der Waals surface area contributed by atoms with E-state index in [0.29, 0.717) is 33.5 Å². The van der Waals surface area contributed by atoms with Crippen LogP contribution < -0.4 is 10.1 Å². The number of hydrogen-bond donors (Lipinski definition) is 1. The van der Waals surface area contributed by atoms with Gasteiger partial charge in [0.1, 0.15) is 11.3 Å². The van der Waals surface area contributed by atoms with Crippen molar-refractivity contribution in [3.8, 4) is 17.2 Å². The number of aromatic nitrogens is 1. The van der Waals surface area contributed by atoms with Crippen LogP contribution in [0, 0.1) is 6.92 Å². The van der Waals surface area contributed by atoms with E-state index in [0.717, 1.165) is 16.6 Å². The lowest BCUT2D eigenvalue weighted by molar-refractivity contribution is 0.102. The molecule has 4 aromatic rings. The summed E-state index contributed by atoms with van der Waals surface area (Å²) in [4.78, 5) is 17.3. The molecule has 6 heteroatoms. The first kappa shape index (κ1) is 20.0. The minimum Gasteiger partial charge on any atom is -0.491 e. The van der Waals surface area contributed by atoms with Gasteiger partial charge in [0.25, 0.3) is 5.91 Å². The molecule has 0 aliphatic carbocycles. The van der Waals surface area contributed by atoms with Crippen molar-refractivity contribution in [1.82, 2.24) is 4.98 Å². The molecular weight excluding hydrogens is 400 g/mol. The van der Waals surface area contributed by atoms with Gasteiger partial charge in [0.05, 0.1) is 16.8 Å². The zero-order valence-electron chi connectivity index (χ0n) is 16.9. The molecule has 3 aromatic carbocycles. The third kappa shape index (κ3) is 4.31. The van der Waals surface area contributed by atoms with E-state index in [2.05, 4.69) is 10.3 Å². The quantitative estimate of drug-likeness (QED) is 0.400. The lowest BCUT2D eigenvalue weighted by Gasteiger charge is -2.12. The highest BCUT2D eigenvalue weighted by atomic mass is 35.5. The molecule has 0 unspecified atom stereocenters. The van der Waals surface area contributed by atoms with Crippen LogP contribution in [0.3, 0.4) is 0 Å². The number of fused-ring (bicyclic) bond motifs is 1. The van der Waals surface area contributed by atoms with Crippen molar-refractivity contribution in [3.05, 3.63) is 76.8 Å². The molecule has 0 radical (unpaired) electrons. The molecule has 0 saturated heterocycles. The van der Waals surface area contributed by atoms with Gasteiger partial charge in [-0.15, -0.1) is 0 Å². The van der Waals surface area contributed by atoms with Crippen molar-refractivity contribution < 1.29 is 13.9 Å². The van der Waals surface area contributed by atoms with E-state index in [9.17, 15) is 4.79 Å². The predicted octanol–water partition coefficient (Wildman–Crippen LogP) is 6.50. The topological polar surface area (TPSA) is 64.4 Å². The van der Waals surface area contributed by atoms with Gasteiger partial charge in [0.2, 0.25) is 5.89 Å². The highest BCUT2D eigenvalue weighted by molar-refractivity contribution is 6.34. The number of carbonyl (C=O) groups excluding carboxylic acids is 1. The van der Waals surface area contributed by atoms with E-state index in [1.807, 2.05) is 51.1 Å². The maximum absolute atomic E-state index is 12.8. The Morgan fingerprint density at radius 1 is 1.10 bits per heavy atom. The zero-order chi connectivity index (χ0) is 21.3. The third-order valence-electron chi connectivity index (χ3n) is 4.47. The van der Waals surface area contributed by atoms with E-state index in [4.69, 9.17) is 20.8 Å². The van der Waals surface area contributed by atoms with E-state index in [1.165, 1.54) is 0 Å². The van der Waals surface area contributed by atoms with Crippen molar-refractivity contribution >= 4 is 34.3 Å². The van der Waals surface area contributed by atoms with Crippen LogP contribution in [0.15, 0.2) is 65.1 Å². The molecule has 0 aliphatic rings. The summed E-state index contributed by atoms with van der Waals surface area (Å²) in [5.74, 6) is 0.825. The number of carbonyl (C=O) groups is 1. The number of benzene rings is 3. The summed E-state index contributed by atoms with van der Waals surface area (Å²) in [6.07, 6.45) is 0.0227. The molecule has 0 saturated carbocycles. The Bertz CT molecular complexity index is 1230. The maximum atomic E-state index is 12.8. The summed E-state index contributed by atoms with van der Waals surface area (Å²) in [5.41, 5.74) is 4.27. The largest absolute Gasteiger partial charge is 0.491 e. The normalized spacial score (nSPS) is 11.1. The van der Waals surface area contributed by atoms with Crippen LogP contribution in [0.2, 0.25) is 5.02 Å². The van der Waals surface area contributed by atoms with Crippen LogP contribution in [0.1, 0.15) is 29.8 Å². The number of nitrogens with one attached hydrogen (secondary N) is 1. The highest BCUT2D eigenvalue weighted by Crippen LogP contribution is 2.31. The average Bonchev–Trinajstić information content (AvgIpc) is 3.12. The fraction of sp³-hybridized carbons (Fsp3) is 0.167. The fourth-order valence-electron chi connectivity index (χ4n) is 3.09. The highest BCUT2D eigenvalue weighted by Gasteiger charge is 2.14. The number of amides is 1. The lowest BCUT2D eigenvalue weighted by atomic mass is 10.1. The number of halogens is 1.